The zero-order valence-electron chi connectivity index (χ0n) is 8.00. The van der Waals surface area contributed by atoms with Gasteiger partial charge in [-0.1, -0.05) is 0 Å². The van der Waals surface area contributed by atoms with Crippen LogP contribution in [0.3, 0.4) is 0 Å². The normalized spacial score (nSPS) is 17.3. The van der Waals surface area contributed by atoms with Gasteiger partial charge >= 0.3 is 0 Å². The minimum Gasteiger partial charge on any atom is -0.394 e. The van der Waals surface area contributed by atoms with Crippen molar-refractivity contribution in [2.24, 2.45) is 5.84 Å². The highest BCUT2D eigenvalue weighted by atomic mass is 79.9. The van der Waals surface area contributed by atoms with E-state index in [1.54, 1.807) is 6.20 Å². The van der Waals surface area contributed by atoms with Gasteiger partial charge in [0.2, 0.25) is 5.95 Å². The number of anilines is 2. The van der Waals surface area contributed by atoms with Gasteiger partial charge < -0.3 is 10.4 Å². The molecule has 1 fully saturated rings. The van der Waals surface area contributed by atoms with Gasteiger partial charge in [-0.15, -0.1) is 0 Å². The van der Waals surface area contributed by atoms with E-state index in [4.69, 9.17) is 5.84 Å². The predicted octanol–water partition coefficient (Wildman–Crippen LogP) is 0.461. The Labute approximate surface area is 95.4 Å². The summed E-state index contributed by atoms with van der Waals surface area (Å²) in [6.07, 6.45) is 3.51. The average Bonchev–Trinajstić information content (AvgIpc) is 3.02. The highest BCUT2D eigenvalue weighted by Gasteiger charge is 2.42. The summed E-state index contributed by atoms with van der Waals surface area (Å²) >= 11 is 3.33. The summed E-state index contributed by atoms with van der Waals surface area (Å²) < 4.78 is 0.751. The SMILES string of the molecule is NNc1ncc(Br)c(NC2(CO)CC2)n1. The molecule has 1 aliphatic carbocycles. The summed E-state index contributed by atoms with van der Waals surface area (Å²) in [7, 11) is 0. The maximum atomic E-state index is 9.17. The molecule has 0 spiro atoms. The molecule has 15 heavy (non-hydrogen) atoms. The highest BCUT2D eigenvalue weighted by molar-refractivity contribution is 9.10. The van der Waals surface area contributed by atoms with Gasteiger partial charge in [-0.2, -0.15) is 4.98 Å². The third-order valence-electron chi connectivity index (χ3n) is 2.41. The van der Waals surface area contributed by atoms with Crippen molar-refractivity contribution in [3.8, 4) is 0 Å². The van der Waals surface area contributed by atoms with E-state index in [0.29, 0.717) is 11.8 Å². The molecule has 1 saturated carbocycles. The minimum absolute atomic E-state index is 0.106. The number of nitrogen functional groups attached to an aromatic ring is 1. The Hall–Kier alpha value is -0.920. The summed E-state index contributed by atoms with van der Waals surface area (Å²) in [5, 5.41) is 12.4. The molecule has 82 valence electrons. The third kappa shape index (κ3) is 2.19. The third-order valence-corrected chi connectivity index (χ3v) is 2.99. The van der Waals surface area contributed by atoms with Crippen LogP contribution in [0.4, 0.5) is 11.8 Å². The van der Waals surface area contributed by atoms with Crippen LogP contribution < -0.4 is 16.6 Å². The van der Waals surface area contributed by atoms with Crippen molar-refractivity contribution in [3.05, 3.63) is 10.7 Å². The lowest BCUT2D eigenvalue weighted by Gasteiger charge is -2.16. The number of aliphatic hydroxyl groups is 1. The summed E-state index contributed by atoms with van der Waals surface area (Å²) in [6.45, 7) is 0.106. The van der Waals surface area contributed by atoms with Crippen molar-refractivity contribution < 1.29 is 5.11 Å². The second kappa shape index (κ2) is 3.92. The van der Waals surface area contributed by atoms with Crippen LogP contribution in [0, 0.1) is 0 Å². The Bertz CT molecular complexity index is 368. The number of hydrogen-bond acceptors (Lipinski definition) is 6. The molecule has 0 atom stereocenters. The molecule has 5 N–H and O–H groups in total. The van der Waals surface area contributed by atoms with Crippen molar-refractivity contribution in [2.75, 3.05) is 17.3 Å². The van der Waals surface area contributed by atoms with Crippen molar-refractivity contribution in [3.63, 3.8) is 0 Å². The largest absolute Gasteiger partial charge is 0.394 e. The van der Waals surface area contributed by atoms with Crippen molar-refractivity contribution >= 4 is 27.7 Å². The molecule has 1 aromatic heterocycles. The van der Waals surface area contributed by atoms with Crippen LogP contribution >= 0.6 is 15.9 Å². The van der Waals surface area contributed by atoms with E-state index in [1.165, 1.54) is 0 Å². The summed E-state index contributed by atoms with van der Waals surface area (Å²) in [4.78, 5) is 8.08. The number of rotatable bonds is 4. The quantitative estimate of drug-likeness (QED) is 0.470. The first-order valence-electron chi connectivity index (χ1n) is 4.57. The Balaban J connectivity index is 2.19. The maximum Gasteiger partial charge on any atom is 0.239 e. The first kappa shape index (κ1) is 10.6. The molecule has 0 radical (unpaired) electrons. The van der Waals surface area contributed by atoms with E-state index in [1.807, 2.05) is 0 Å². The van der Waals surface area contributed by atoms with E-state index in [9.17, 15) is 5.11 Å². The fourth-order valence-electron chi connectivity index (χ4n) is 1.25. The predicted molar refractivity (Wildman–Crippen MR) is 60.2 cm³/mol. The Morgan fingerprint density at radius 1 is 1.60 bits per heavy atom. The van der Waals surface area contributed by atoms with Gasteiger partial charge in [0, 0.05) is 6.20 Å². The van der Waals surface area contributed by atoms with Crippen LogP contribution in [0.2, 0.25) is 0 Å². The summed E-state index contributed by atoms with van der Waals surface area (Å²) in [6, 6.07) is 0. The monoisotopic (exact) mass is 273 g/mol. The molecule has 0 amide bonds. The van der Waals surface area contributed by atoms with Crippen LogP contribution in [0.1, 0.15) is 12.8 Å². The van der Waals surface area contributed by atoms with E-state index in [0.717, 1.165) is 17.3 Å². The molecule has 0 bridgehead atoms. The molecule has 0 unspecified atom stereocenters. The van der Waals surface area contributed by atoms with Gasteiger partial charge in [0.1, 0.15) is 5.82 Å². The van der Waals surface area contributed by atoms with Gasteiger partial charge in [0.05, 0.1) is 16.6 Å². The van der Waals surface area contributed by atoms with E-state index in [2.05, 4.69) is 36.6 Å². The first-order valence-corrected chi connectivity index (χ1v) is 5.37. The second-order valence-corrected chi connectivity index (χ2v) is 4.45. The number of nitrogens with one attached hydrogen (secondary N) is 2. The number of nitrogens with zero attached hydrogens (tertiary/aromatic N) is 2. The average molecular weight is 274 g/mol. The summed E-state index contributed by atoms with van der Waals surface area (Å²) in [5.41, 5.74) is 2.17. The van der Waals surface area contributed by atoms with Gasteiger partial charge in [-0.3, -0.25) is 5.43 Å². The van der Waals surface area contributed by atoms with Crippen molar-refractivity contribution in [1.29, 1.82) is 0 Å². The maximum absolute atomic E-state index is 9.17. The molecule has 0 aliphatic heterocycles. The summed E-state index contributed by atoms with van der Waals surface area (Å²) in [5.74, 6) is 6.20. The molecule has 1 aromatic rings. The molecule has 2 rings (SSSR count). The topological polar surface area (TPSA) is 96.1 Å². The van der Waals surface area contributed by atoms with Gasteiger partial charge in [-0.05, 0) is 28.8 Å². The lowest BCUT2D eigenvalue weighted by atomic mass is 10.3. The number of aromatic nitrogens is 2. The Kier molecular flexibility index (Phi) is 2.76. The Morgan fingerprint density at radius 2 is 2.33 bits per heavy atom. The standard InChI is InChI=1S/C8H12BrN5O/c9-5-3-11-7(14-10)12-6(5)13-8(4-15)1-2-8/h3,15H,1-2,4,10H2,(H2,11,12,13,14). The van der Waals surface area contributed by atoms with Gasteiger partial charge in [0.15, 0.2) is 0 Å². The molecule has 0 aromatic carbocycles. The van der Waals surface area contributed by atoms with Crippen LogP contribution in [0.15, 0.2) is 10.7 Å². The molecule has 6 nitrogen and oxygen atoms in total. The number of hydrogen-bond donors (Lipinski definition) is 4. The van der Waals surface area contributed by atoms with Crippen LogP contribution in [-0.4, -0.2) is 27.2 Å². The molecular formula is C8H12BrN5O. The highest BCUT2D eigenvalue weighted by Crippen LogP contribution is 2.39. The lowest BCUT2D eigenvalue weighted by molar-refractivity contribution is 0.266. The smallest absolute Gasteiger partial charge is 0.239 e. The molecule has 1 aliphatic rings. The van der Waals surface area contributed by atoms with Crippen LogP contribution in [0.25, 0.3) is 0 Å². The Morgan fingerprint density at radius 3 is 2.87 bits per heavy atom. The molecule has 7 heteroatoms. The van der Waals surface area contributed by atoms with Crippen LogP contribution in [-0.2, 0) is 0 Å². The van der Waals surface area contributed by atoms with E-state index >= 15 is 0 Å². The molecule has 1 heterocycles. The number of aliphatic hydroxyl groups excluding tert-OH is 1. The fraction of sp³-hybridized carbons (Fsp3) is 0.500. The lowest BCUT2D eigenvalue weighted by Crippen LogP contribution is -2.26. The zero-order valence-corrected chi connectivity index (χ0v) is 9.58. The number of hydrazine groups is 1. The van der Waals surface area contributed by atoms with Crippen molar-refractivity contribution in [1.82, 2.24) is 9.97 Å². The fourth-order valence-corrected chi connectivity index (χ4v) is 1.54. The molecular weight excluding hydrogens is 262 g/mol. The van der Waals surface area contributed by atoms with E-state index in [-0.39, 0.29) is 12.1 Å². The molecule has 0 saturated heterocycles. The minimum atomic E-state index is -0.206. The number of nitrogens with two attached hydrogens (primary N) is 1. The van der Waals surface area contributed by atoms with Gasteiger partial charge in [0.25, 0.3) is 0 Å². The van der Waals surface area contributed by atoms with E-state index < -0.39 is 0 Å². The second-order valence-electron chi connectivity index (χ2n) is 3.60. The number of halogens is 1. The van der Waals surface area contributed by atoms with Crippen molar-refractivity contribution in [2.45, 2.75) is 18.4 Å². The van der Waals surface area contributed by atoms with Crippen LogP contribution in [0.5, 0.6) is 0 Å². The first-order chi connectivity index (χ1) is 7.19. The zero-order chi connectivity index (χ0) is 10.9. The van der Waals surface area contributed by atoms with Gasteiger partial charge in [-0.25, -0.2) is 10.8 Å².